The molecule has 5 heteroatoms. The van der Waals surface area contributed by atoms with Gasteiger partial charge in [-0.1, -0.05) is 13.3 Å². The fourth-order valence-corrected chi connectivity index (χ4v) is 2.01. The summed E-state index contributed by atoms with van der Waals surface area (Å²) in [6.45, 7) is 6.65. The zero-order chi connectivity index (χ0) is 14.5. The Morgan fingerprint density at radius 2 is 2.00 bits per heavy atom. The summed E-state index contributed by atoms with van der Waals surface area (Å²) < 4.78 is 0. The largest absolute Gasteiger partial charge is 0.481 e. The van der Waals surface area contributed by atoms with Crippen LogP contribution in [0.25, 0.3) is 0 Å². The van der Waals surface area contributed by atoms with Gasteiger partial charge in [0.05, 0.1) is 0 Å². The maximum Gasteiger partial charge on any atom is 0.318 e. The van der Waals surface area contributed by atoms with Crippen LogP contribution in [0.15, 0.2) is 0 Å². The molecule has 1 rings (SSSR count). The summed E-state index contributed by atoms with van der Waals surface area (Å²) in [5.74, 6) is -0.827. The van der Waals surface area contributed by atoms with Crippen LogP contribution in [0.5, 0.6) is 0 Å². The standard InChI is InChI=1S/C14H26N2O3/c1-4-5-10-16(11-6-7-11)13(19)15-14(2,3)9-8-12(17)18/h11H,4-10H2,1-3H3,(H,15,19)(H,17,18). The Labute approximate surface area is 115 Å². The highest BCUT2D eigenvalue weighted by atomic mass is 16.4. The van der Waals surface area contributed by atoms with E-state index in [1.54, 1.807) is 0 Å². The molecule has 0 bridgehead atoms. The average molecular weight is 270 g/mol. The molecule has 2 N–H and O–H groups in total. The highest BCUT2D eigenvalue weighted by molar-refractivity contribution is 5.76. The first kappa shape index (κ1) is 15.8. The van der Waals surface area contributed by atoms with Crippen molar-refractivity contribution in [3.8, 4) is 0 Å². The van der Waals surface area contributed by atoms with Gasteiger partial charge in [0, 0.05) is 24.5 Å². The van der Waals surface area contributed by atoms with Crippen molar-refractivity contribution in [2.75, 3.05) is 6.54 Å². The smallest absolute Gasteiger partial charge is 0.318 e. The maximum absolute atomic E-state index is 12.3. The van der Waals surface area contributed by atoms with Gasteiger partial charge in [0.15, 0.2) is 0 Å². The third kappa shape index (κ3) is 5.94. The molecule has 5 nitrogen and oxygen atoms in total. The van der Waals surface area contributed by atoms with Crippen molar-refractivity contribution in [1.82, 2.24) is 10.2 Å². The molecule has 19 heavy (non-hydrogen) atoms. The van der Waals surface area contributed by atoms with Gasteiger partial charge in [0.1, 0.15) is 0 Å². The highest BCUT2D eigenvalue weighted by Gasteiger charge is 2.34. The van der Waals surface area contributed by atoms with Gasteiger partial charge in [-0.2, -0.15) is 0 Å². The van der Waals surface area contributed by atoms with Crippen molar-refractivity contribution >= 4 is 12.0 Å². The molecule has 2 amide bonds. The van der Waals surface area contributed by atoms with Gasteiger partial charge in [0.2, 0.25) is 0 Å². The van der Waals surface area contributed by atoms with Gasteiger partial charge < -0.3 is 15.3 Å². The number of nitrogens with zero attached hydrogens (tertiary/aromatic N) is 1. The van der Waals surface area contributed by atoms with Crippen molar-refractivity contribution in [2.45, 2.75) is 70.9 Å². The minimum atomic E-state index is -0.827. The van der Waals surface area contributed by atoms with E-state index in [0.717, 1.165) is 32.2 Å². The van der Waals surface area contributed by atoms with Gasteiger partial charge >= 0.3 is 12.0 Å². The van der Waals surface area contributed by atoms with Crippen molar-refractivity contribution in [1.29, 1.82) is 0 Å². The summed E-state index contributed by atoms with van der Waals surface area (Å²) in [6, 6.07) is 0.341. The summed E-state index contributed by atoms with van der Waals surface area (Å²) in [5, 5.41) is 11.7. The van der Waals surface area contributed by atoms with Crippen LogP contribution in [0.2, 0.25) is 0 Å². The Kier molecular flexibility index (Phi) is 5.63. The topological polar surface area (TPSA) is 69.6 Å². The van der Waals surface area contributed by atoms with E-state index < -0.39 is 11.5 Å². The number of carboxylic acid groups (broad SMARTS) is 1. The van der Waals surface area contributed by atoms with Crippen molar-refractivity contribution in [3.05, 3.63) is 0 Å². The van der Waals surface area contributed by atoms with Crippen LogP contribution < -0.4 is 5.32 Å². The van der Waals surface area contributed by atoms with Crippen LogP contribution in [-0.2, 0) is 4.79 Å². The lowest BCUT2D eigenvalue weighted by Crippen LogP contribution is -2.51. The fourth-order valence-electron chi connectivity index (χ4n) is 2.01. The number of rotatable bonds is 8. The summed E-state index contributed by atoms with van der Waals surface area (Å²) in [5.41, 5.74) is -0.477. The third-order valence-electron chi connectivity index (χ3n) is 3.41. The lowest BCUT2D eigenvalue weighted by atomic mass is 9.99. The molecule has 0 aliphatic heterocycles. The molecule has 1 saturated carbocycles. The number of carbonyl (C=O) groups is 2. The van der Waals surface area contributed by atoms with Gasteiger partial charge in [-0.3, -0.25) is 4.79 Å². The number of amides is 2. The van der Waals surface area contributed by atoms with E-state index in [2.05, 4.69) is 12.2 Å². The minimum Gasteiger partial charge on any atom is -0.481 e. The Balaban J connectivity index is 2.47. The predicted molar refractivity (Wildman–Crippen MR) is 74.1 cm³/mol. The number of aliphatic carboxylic acids is 1. The van der Waals surface area contributed by atoms with Gasteiger partial charge in [-0.05, 0) is 39.5 Å². The fraction of sp³-hybridized carbons (Fsp3) is 0.857. The maximum atomic E-state index is 12.3. The summed E-state index contributed by atoms with van der Waals surface area (Å²) in [4.78, 5) is 24.8. The number of nitrogens with one attached hydrogen (secondary N) is 1. The van der Waals surface area contributed by atoms with Crippen molar-refractivity contribution < 1.29 is 14.7 Å². The second-order valence-corrected chi connectivity index (χ2v) is 5.99. The first-order valence-corrected chi connectivity index (χ1v) is 7.16. The van der Waals surface area contributed by atoms with Gasteiger partial charge in [0.25, 0.3) is 0 Å². The minimum absolute atomic E-state index is 0.0497. The number of urea groups is 1. The second-order valence-electron chi connectivity index (χ2n) is 5.99. The molecule has 0 heterocycles. The number of carboxylic acids is 1. The van der Waals surface area contributed by atoms with E-state index in [0.29, 0.717) is 12.5 Å². The molecular formula is C14H26N2O3. The Hall–Kier alpha value is -1.26. The van der Waals surface area contributed by atoms with E-state index in [1.165, 1.54) is 0 Å². The summed E-state index contributed by atoms with van der Waals surface area (Å²) >= 11 is 0. The molecule has 1 aliphatic carbocycles. The number of hydrogen-bond donors (Lipinski definition) is 2. The lowest BCUT2D eigenvalue weighted by Gasteiger charge is -2.31. The van der Waals surface area contributed by atoms with E-state index in [9.17, 15) is 9.59 Å². The first-order chi connectivity index (χ1) is 8.85. The van der Waals surface area contributed by atoms with Crippen LogP contribution in [-0.4, -0.2) is 40.1 Å². The summed E-state index contributed by atoms with van der Waals surface area (Å²) in [6.07, 6.45) is 4.78. The molecular weight excluding hydrogens is 244 g/mol. The molecule has 0 aromatic carbocycles. The zero-order valence-electron chi connectivity index (χ0n) is 12.2. The Bertz CT molecular complexity index is 325. The first-order valence-electron chi connectivity index (χ1n) is 7.16. The second kappa shape index (κ2) is 6.78. The molecule has 0 unspecified atom stereocenters. The number of hydrogen-bond acceptors (Lipinski definition) is 2. The molecule has 1 fully saturated rings. The van der Waals surface area contributed by atoms with Crippen molar-refractivity contribution in [2.24, 2.45) is 0 Å². The van der Waals surface area contributed by atoms with Gasteiger partial charge in [-0.25, -0.2) is 4.79 Å². The average Bonchev–Trinajstić information content (AvgIpc) is 3.11. The zero-order valence-corrected chi connectivity index (χ0v) is 12.2. The van der Waals surface area contributed by atoms with Crippen LogP contribution in [0.1, 0.15) is 59.3 Å². The predicted octanol–water partition coefficient (Wildman–Crippen LogP) is 2.60. The van der Waals surface area contributed by atoms with E-state index in [1.807, 2.05) is 18.7 Å². The molecule has 0 spiro atoms. The molecule has 0 radical (unpaired) electrons. The van der Waals surface area contributed by atoms with Crippen LogP contribution in [0.3, 0.4) is 0 Å². The highest BCUT2D eigenvalue weighted by Crippen LogP contribution is 2.27. The van der Waals surface area contributed by atoms with Crippen LogP contribution in [0, 0.1) is 0 Å². The molecule has 0 saturated heterocycles. The normalized spacial score (nSPS) is 15.1. The number of carbonyl (C=O) groups excluding carboxylic acids is 1. The molecule has 110 valence electrons. The van der Waals surface area contributed by atoms with Crippen molar-refractivity contribution in [3.63, 3.8) is 0 Å². The van der Waals surface area contributed by atoms with E-state index in [4.69, 9.17) is 5.11 Å². The Morgan fingerprint density at radius 3 is 2.47 bits per heavy atom. The number of unbranched alkanes of at least 4 members (excludes halogenated alkanes) is 1. The third-order valence-corrected chi connectivity index (χ3v) is 3.41. The van der Waals surface area contributed by atoms with Gasteiger partial charge in [-0.15, -0.1) is 0 Å². The molecule has 0 aromatic rings. The Morgan fingerprint density at radius 1 is 1.37 bits per heavy atom. The monoisotopic (exact) mass is 270 g/mol. The molecule has 0 atom stereocenters. The van der Waals surface area contributed by atoms with Crippen LogP contribution >= 0.6 is 0 Å². The molecule has 1 aliphatic rings. The molecule has 0 aromatic heterocycles. The SMILES string of the molecule is CCCCN(C(=O)NC(C)(C)CCC(=O)O)C1CC1. The quantitative estimate of drug-likeness (QED) is 0.712. The summed E-state index contributed by atoms with van der Waals surface area (Å²) in [7, 11) is 0. The van der Waals surface area contributed by atoms with Crippen LogP contribution in [0.4, 0.5) is 4.79 Å². The lowest BCUT2D eigenvalue weighted by molar-refractivity contribution is -0.137. The van der Waals surface area contributed by atoms with E-state index in [-0.39, 0.29) is 12.5 Å². The van der Waals surface area contributed by atoms with E-state index >= 15 is 0 Å².